The SMILES string of the molecule is CN1CCSCC1C(=O)c1ccc(C(F)(F)F)c(F)c1. The summed E-state index contributed by atoms with van der Waals surface area (Å²) < 4.78 is 50.9. The number of Topliss-reactive ketones (excluding diaryl/α,β-unsaturated/α-hetero) is 1. The highest BCUT2D eigenvalue weighted by Gasteiger charge is 2.35. The Hall–Kier alpha value is -1.08. The van der Waals surface area contributed by atoms with Gasteiger partial charge in [0.1, 0.15) is 5.82 Å². The summed E-state index contributed by atoms with van der Waals surface area (Å²) in [5, 5.41) is 0. The number of ketones is 1. The van der Waals surface area contributed by atoms with Crippen LogP contribution in [0.3, 0.4) is 0 Å². The van der Waals surface area contributed by atoms with Crippen molar-refractivity contribution in [3.8, 4) is 0 Å². The smallest absolute Gasteiger partial charge is 0.295 e. The largest absolute Gasteiger partial charge is 0.419 e. The summed E-state index contributed by atoms with van der Waals surface area (Å²) in [5.41, 5.74) is -1.37. The first-order chi connectivity index (χ1) is 9.30. The standard InChI is InChI=1S/C13H13F4NOS/c1-18-4-5-20-7-11(18)12(19)8-2-3-9(10(14)6-8)13(15,16)17/h2-3,6,11H,4-5,7H2,1H3. The average Bonchev–Trinajstić information content (AvgIpc) is 2.37. The van der Waals surface area contributed by atoms with E-state index < -0.39 is 23.6 Å². The van der Waals surface area contributed by atoms with Crippen LogP contribution in [0.5, 0.6) is 0 Å². The molecule has 0 aliphatic carbocycles. The topological polar surface area (TPSA) is 20.3 Å². The van der Waals surface area contributed by atoms with Gasteiger partial charge in [0.15, 0.2) is 5.78 Å². The quantitative estimate of drug-likeness (QED) is 0.619. The number of carbonyl (C=O) groups is 1. The van der Waals surface area contributed by atoms with Crippen LogP contribution in [0.2, 0.25) is 0 Å². The molecule has 1 heterocycles. The molecular formula is C13H13F4NOS. The van der Waals surface area contributed by atoms with Crippen LogP contribution >= 0.6 is 11.8 Å². The first-order valence-electron chi connectivity index (χ1n) is 5.99. The van der Waals surface area contributed by atoms with E-state index in [2.05, 4.69) is 0 Å². The minimum absolute atomic E-state index is 0.0187. The van der Waals surface area contributed by atoms with Gasteiger partial charge in [-0.1, -0.05) is 6.07 Å². The van der Waals surface area contributed by atoms with Crippen molar-refractivity contribution in [2.45, 2.75) is 12.2 Å². The summed E-state index contributed by atoms with van der Waals surface area (Å²) in [6.45, 7) is 0.726. The number of hydrogen-bond acceptors (Lipinski definition) is 3. The summed E-state index contributed by atoms with van der Waals surface area (Å²) in [5.74, 6) is -0.276. The van der Waals surface area contributed by atoms with Gasteiger partial charge >= 0.3 is 6.18 Å². The zero-order chi connectivity index (χ0) is 14.9. The third kappa shape index (κ3) is 3.15. The summed E-state index contributed by atoms with van der Waals surface area (Å²) in [7, 11) is 1.78. The minimum Gasteiger partial charge on any atom is -0.295 e. The van der Waals surface area contributed by atoms with Crippen molar-refractivity contribution >= 4 is 17.5 Å². The third-order valence-corrected chi connectivity index (χ3v) is 4.28. The molecule has 20 heavy (non-hydrogen) atoms. The molecule has 0 radical (unpaired) electrons. The number of thioether (sulfide) groups is 1. The fourth-order valence-corrected chi connectivity index (χ4v) is 3.27. The second-order valence-electron chi connectivity index (χ2n) is 4.63. The maximum atomic E-state index is 13.5. The van der Waals surface area contributed by atoms with E-state index >= 15 is 0 Å². The molecule has 0 aromatic heterocycles. The molecule has 1 aliphatic rings. The molecule has 1 atom stereocenters. The van der Waals surface area contributed by atoms with Crippen molar-refractivity contribution in [1.82, 2.24) is 4.90 Å². The van der Waals surface area contributed by atoms with Crippen LogP contribution in [-0.2, 0) is 6.18 Å². The maximum Gasteiger partial charge on any atom is 0.419 e. The first-order valence-corrected chi connectivity index (χ1v) is 7.15. The highest BCUT2D eigenvalue weighted by Crippen LogP contribution is 2.32. The molecule has 0 N–H and O–H groups in total. The Morgan fingerprint density at radius 3 is 2.65 bits per heavy atom. The van der Waals surface area contributed by atoms with Gasteiger partial charge in [0.2, 0.25) is 0 Å². The minimum atomic E-state index is -4.75. The molecule has 1 aromatic rings. The predicted octanol–water partition coefficient (Wildman–Crippen LogP) is 3.07. The van der Waals surface area contributed by atoms with Gasteiger partial charge in [-0.05, 0) is 19.2 Å². The molecule has 7 heteroatoms. The number of alkyl halides is 3. The number of hydrogen-bond donors (Lipinski definition) is 0. The van der Waals surface area contributed by atoms with Crippen molar-refractivity contribution < 1.29 is 22.4 Å². The lowest BCUT2D eigenvalue weighted by atomic mass is 10.0. The van der Waals surface area contributed by atoms with Gasteiger partial charge in [-0.3, -0.25) is 9.69 Å². The van der Waals surface area contributed by atoms with Crippen LogP contribution in [0.1, 0.15) is 15.9 Å². The summed E-state index contributed by atoms with van der Waals surface area (Å²) in [6.07, 6.45) is -4.75. The van der Waals surface area contributed by atoms with E-state index in [-0.39, 0.29) is 11.3 Å². The van der Waals surface area contributed by atoms with Gasteiger partial charge < -0.3 is 0 Å². The van der Waals surface area contributed by atoms with Crippen LogP contribution in [0.25, 0.3) is 0 Å². The molecule has 2 nitrogen and oxygen atoms in total. The molecule has 110 valence electrons. The van der Waals surface area contributed by atoms with Crippen LogP contribution < -0.4 is 0 Å². The lowest BCUT2D eigenvalue weighted by molar-refractivity contribution is -0.140. The lowest BCUT2D eigenvalue weighted by Gasteiger charge is -2.30. The van der Waals surface area contributed by atoms with E-state index in [1.807, 2.05) is 4.90 Å². The number of carbonyl (C=O) groups excluding carboxylic acids is 1. The fraction of sp³-hybridized carbons (Fsp3) is 0.462. The van der Waals surface area contributed by atoms with E-state index in [0.29, 0.717) is 17.9 Å². The van der Waals surface area contributed by atoms with Crippen LogP contribution in [-0.4, -0.2) is 41.8 Å². The monoisotopic (exact) mass is 307 g/mol. The van der Waals surface area contributed by atoms with Gasteiger partial charge in [-0.2, -0.15) is 24.9 Å². The average molecular weight is 307 g/mol. The Kier molecular flexibility index (Phi) is 4.39. The highest BCUT2D eigenvalue weighted by atomic mass is 32.2. The van der Waals surface area contributed by atoms with Crippen molar-refractivity contribution in [2.75, 3.05) is 25.1 Å². The zero-order valence-electron chi connectivity index (χ0n) is 10.7. The molecule has 1 saturated heterocycles. The van der Waals surface area contributed by atoms with E-state index in [1.54, 1.807) is 18.8 Å². The molecule has 1 aliphatic heterocycles. The second kappa shape index (κ2) is 5.73. The van der Waals surface area contributed by atoms with E-state index in [1.165, 1.54) is 0 Å². The number of nitrogens with zero attached hydrogens (tertiary/aromatic N) is 1. The Bertz CT molecular complexity index is 518. The van der Waals surface area contributed by atoms with Crippen LogP contribution in [0.4, 0.5) is 17.6 Å². The normalized spacial score (nSPS) is 20.9. The van der Waals surface area contributed by atoms with Crippen LogP contribution in [0, 0.1) is 5.82 Å². The zero-order valence-corrected chi connectivity index (χ0v) is 11.5. The molecule has 0 spiro atoms. The Morgan fingerprint density at radius 1 is 1.40 bits per heavy atom. The summed E-state index contributed by atoms with van der Waals surface area (Å²) in [4.78, 5) is 14.1. The number of likely N-dealkylation sites (N-methyl/N-ethyl adjacent to an activating group) is 1. The van der Waals surface area contributed by atoms with E-state index in [9.17, 15) is 22.4 Å². The van der Waals surface area contributed by atoms with E-state index in [4.69, 9.17) is 0 Å². The Balaban J connectivity index is 2.25. The predicted molar refractivity (Wildman–Crippen MR) is 69.5 cm³/mol. The van der Waals surface area contributed by atoms with Gasteiger partial charge in [0, 0.05) is 23.6 Å². The molecule has 0 amide bonds. The summed E-state index contributed by atoms with van der Waals surface area (Å²) >= 11 is 1.61. The van der Waals surface area contributed by atoms with Gasteiger partial charge in [-0.15, -0.1) is 0 Å². The van der Waals surface area contributed by atoms with Crippen molar-refractivity contribution in [2.24, 2.45) is 0 Å². The molecule has 1 aromatic carbocycles. The first kappa shape index (κ1) is 15.3. The third-order valence-electron chi connectivity index (χ3n) is 3.26. The summed E-state index contributed by atoms with van der Waals surface area (Å²) in [6, 6.07) is 1.93. The highest BCUT2D eigenvalue weighted by molar-refractivity contribution is 7.99. The van der Waals surface area contributed by atoms with Gasteiger partial charge in [0.25, 0.3) is 0 Å². The van der Waals surface area contributed by atoms with E-state index in [0.717, 1.165) is 18.4 Å². The number of rotatable bonds is 2. The Morgan fingerprint density at radius 2 is 2.10 bits per heavy atom. The molecule has 1 unspecified atom stereocenters. The second-order valence-corrected chi connectivity index (χ2v) is 5.78. The van der Waals surface area contributed by atoms with Crippen molar-refractivity contribution in [3.63, 3.8) is 0 Å². The number of benzene rings is 1. The molecular weight excluding hydrogens is 294 g/mol. The fourth-order valence-electron chi connectivity index (χ4n) is 2.05. The van der Waals surface area contributed by atoms with Crippen molar-refractivity contribution in [3.05, 3.63) is 35.1 Å². The molecule has 1 fully saturated rings. The van der Waals surface area contributed by atoms with Gasteiger partial charge in [-0.25, -0.2) is 4.39 Å². The lowest BCUT2D eigenvalue weighted by Crippen LogP contribution is -2.44. The Labute approximate surface area is 118 Å². The maximum absolute atomic E-state index is 13.5. The van der Waals surface area contributed by atoms with Crippen LogP contribution in [0.15, 0.2) is 18.2 Å². The number of halogens is 4. The molecule has 0 saturated carbocycles. The molecule has 0 bridgehead atoms. The van der Waals surface area contributed by atoms with Gasteiger partial charge in [0.05, 0.1) is 11.6 Å². The van der Waals surface area contributed by atoms with Crippen molar-refractivity contribution in [1.29, 1.82) is 0 Å². The molecule has 2 rings (SSSR count).